The Hall–Kier alpha value is -0.400. The van der Waals surface area contributed by atoms with Crippen molar-refractivity contribution in [1.82, 2.24) is 0 Å². The van der Waals surface area contributed by atoms with Crippen molar-refractivity contribution in [3.8, 4) is 0 Å². The molecule has 7 heteroatoms. The summed E-state index contributed by atoms with van der Waals surface area (Å²) in [5, 5.41) is 9.16. The molecule has 0 aromatic heterocycles. The number of hydrogen-bond acceptors (Lipinski definition) is 4. The van der Waals surface area contributed by atoms with Crippen LogP contribution in [0.5, 0.6) is 0 Å². The number of benzene rings is 1. The van der Waals surface area contributed by atoms with Crippen LogP contribution in [0.15, 0.2) is 29.2 Å². The second-order valence-corrected chi connectivity index (χ2v) is 6.90. The van der Waals surface area contributed by atoms with Crippen LogP contribution < -0.4 is 29.6 Å². The molecule has 1 atom stereocenters. The Morgan fingerprint density at radius 1 is 1.12 bits per heavy atom. The standard InChI is InChI=1S/C14H20O5S.4CH4.Na/c1-4-10(9-14(2,3)13(15)16)11-5-7-12(8-6-11)20(17,18)19;;;;;/h5-8,10H,4,9H2,1-3H3,(H,15,16)(H,17,18,19);4*1H4;/q;;;;;+1/p-1. The summed E-state index contributed by atoms with van der Waals surface area (Å²) in [4.78, 5) is 10.9. The molecule has 0 spiro atoms. The molecule has 0 amide bonds. The molecule has 1 unspecified atom stereocenters. The van der Waals surface area contributed by atoms with Gasteiger partial charge in [0.05, 0.1) is 10.3 Å². The zero-order valence-corrected chi connectivity index (χ0v) is 15.6. The monoisotopic (exact) mass is 386 g/mol. The molecule has 0 saturated carbocycles. The van der Waals surface area contributed by atoms with E-state index in [1.807, 2.05) is 6.92 Å². The second kappa shape index (κ2) is 13.8. The third-order valence-corrected chi connectivity index (χ3v) is 4.32. The van der Waals surface area contributed by atoms with Crippen molar-refractivity contribution >= 4 is 16.1 Å². The molecular weight excluding hydrogens is 351 g/mol. The van der Waals surface area contributed by atoms with Gasteiger partial charge in [0, 0.05) is 0 Å². The Morgan fingerprint density at radius 2 is 1.52 bits per heavy atom. The fourth-order valence-corrected chi connectivity index (χ4v) is 2.58. The molecule has 0 saturated heterocycles. The Morgan fingerprint density at radius 3 is 1.80 bits per heavy atom. The van der Waals surface area contributed by atoms with Crippen LogP contribution in [0.3, 0.4) is 0 Å². The minimum Gasteiger partial charge on any atom is -0.744 e. The van der Waals surface area contributed by atoms with E-state index in [0.717, 1.165) is 12.0 Å². The summed E-state index contributed by atoms with van der Waals surface area (Å²) in [6, 6.07) is 5.70. The second-order valence-electron chi connectivity index (χ2n) is 5.52. The van der Waals surface area contributed by atoms with Crippen molar-refractivity contribution in [1.29, 1.82) is 0 Å². The normalized spacial score (nSPS) is 11.2. The number of carbonyl (C=O) groups is 1. The van der Waals surface area contributed by atoms with E-state index in [-0.39, 0.29) is 70.1 Å². The topological polar surface area (TPSA) is 94.5 Å². The summed E-state index contributed by atoms with van der Waals surface area (Å²) in [5.41, 5.74) is -0.0153. The summed E-state index contributed by atoms with van der Waals surface area (Å²) >= 11 is 0. The molecule has 0 radical (unpaired) electrons. The van der Waals surface area contributed by atoms with E-state index in [1.165, 1.54) is 12.1 Å². The first-order valence-corrected chi connectivity index (χ1v) is 7.78. The Kier molecular flexibility index (Phi) is 19.6. The van der Waals surface area contributed by atoms with Crippen molar-refractivity contribution in [3.63, 3.8) is 0 Å². The number of carboxylic acids is 1. The third kappa shape index (κ3) is 10.4. The molecule has 1 aromatic carbocycles. The minimum absolute atomic E-state index is 0. The van der Waals surface area contributed by atoms with E-state index in [1.54, 1.807) is 26.0 Å². The average Bonchev–Trinajstić information content (AvgIpc) is 2.35. The first kappa shape index (κ1) is 35.7. The molecule has 0 aliphatic heterocycles. The summed E-state index contributed by atoms with van der Waals surface area (Å²) < 4.78 is 32.6. The zero-order chi connectivity index (χ0) is 15.6. The van der Waals surface area contributed by atoms with Gasteiger partial charge in [0.1, 0.15) is 10.1 Å². The van der Waals surface area contributed by atoms with Crippen LogP contribution in [0.2, 0.25) is 0 Å². The zero-order valence-electron chi connectivity index (χ0n) is 12.8. The van der Waals surface area contributed by atoms with E-state index in [4.69, 9.17) is 5.11 Å². The van der Waals surface area contributed by atoms with Crippen molar-refractivity contribution < 1.29 is 52.4 Å². The van der Waals surface area contributed by atoms with Gasteiger partial charge in [-0.2, -0.15) is 0 Å². The SMILES string of the molecule is C.C.C.C.CCC(CC(C)(C)C(=O)O)c1ccc(S(=O)(=O)[O-])cc1.[Na+]. The van der Waals surface area contributed by atoms with Gasteiger partial charge in [-0.3, -0.25) is 4.79 Å². The molecule has 0 aliphatic carbocycles. The van der Waals surface area contributed by atoms with Crippen LogP contribution in [0.1, 0.15) is 74.8 Å². The molecule has 0 heterocycles. The molecule has 1 aromatic rings. The largest absolute Gasteiger partial charge is 1.00 e. The fourth-order valence-electron chi connectivity index (χ4n) is 2.11. The van der Waals surface area contributed by atoms with E-state index in [9.17, 15) is 17.8 Å². The molecule has 0 bridgehead atoms. The number of rotatable bonds is 6. The van der Waals surface area contributed by atoms with Gasteiger partial charge in [0.2, 0.25) is 0 Å². The van der Waals surface area contributed by atoms with E-state index in [0.29, 0.717) is 6.42 Å². The van der Waals surface area contributed by atoms with E-state index in [2.05, 4.69) is 0 Å². The Labute approximate surface area is 177 Å². The maximum absolute atomic E-state index is 11.2. The van der Waals surface area contributed by atoms with E-state index < -0.39 is 21.5 Å². The third-order valence-electron chi connectivity index (χ3n) is 3.47. The number of hydrogen-bond donors (Lipinski definition) is 1. The van der Waals surface area contributed by atoms with E-state index >= 15 is 0 Å². The molecule has 0 aliphatic rings. The Balaban J connectivity index is -0.000000267. The first-order valence-electron chi connectivity index (χ1n) is 6.37. The molecule has 1 N–H and O–H groups in total. The van der Waals surface area contributed by atoms with Crippen LogP contribution >= 0.6 is 0 Å². The predicted octanol–water partition coefficient (Wildman–Crippen LogP) is 2.13. The van der Waals surface area contributed by atoms with Crippen molar-refractivity contribution in [3.05, 3.63) is 29.8 Å². The fraction of sp³-hybridized carbons (Fsp3) is 0.611. The summed E-state index contributed by atoms with van der Waals surface area (Å²) in [6.45, 7) is 5.27. The summed E-state index contributed by atoms with van der Waals surface area (Å²) in [7, 11) is -4.44. The van der Waals surface area contributed by atoms with Gasteiger partial charge < -0.3 is 9.66 Å². The van der Waals surface area contributed by atoms with Crippen LogP contribution in [0.25, 0.3) is 0 Å². The minimum atomic E-state index is -4.44. The van der Waals surface area contributed by atoms with Crippen LogP contribution in [0.4, 0.5) is 0 Å². The number of aliphatic carboxylic acids is 1. The van der Waals surface area contributed by atoms with Crippen LogP contribution in [0, 0.1) is 5.41 Å². The Bertz CT molecular complexity index is 580. The summed E-state index contributed by atoms with van der Waals surface area (Å²) in [6.07, 6.45) is 1.18. The van der Waals surface area contributed by atoms with Crippen LogP contribution in [-0.4, -0.2) is 24.0 Å². The van der Waals surface area contributed by atoms with Gasteiger partial charge >= 0.3 is 35.5 Å². The maximum atomic E-state index is 11.2. The molecular formula is C18H35NaO5S. The van der Waals surface area contributed by atoms with Gasteiger partial charge in [0.15, 0.2) is 0 Å². The number of carboxylic acid groups (broad SMARTS) is 1. The maximum Gasteiger partial charge on any atom is 1.00 e. The smallest absolute Gasteiger partial charge is 0.744 e. The van der Waals surface area contributed by atoms with Crippen molar-refractivity contribution in [2.45, 2.75) is 74.1 Å². The molecule has 5 nitrogen and oxygen atoms in total. The predicted molar refractivity (Wildman–Crippen MR) is 100 cm³/mol. The van der Waals surface area contributed by atoms with Gasteiger partial charge in [-0.05, 0) is 50.3 Å². The molecule has 144 valence electrons. The van der Waals surface area contributed by atoms with Crippen molar-refractivity contribution in [2.75, 3.05) is 0 Å². The summed E-state index contributed by atoms with van der Waals surface area (Å²) in [5.74, 6) is -0.862. The molecule has 1 rings (SSSR count). The van der Waals surface area contributed by atoms with Crippen LogP contribution in [-0.2, 0) is 14.9 Å². The average molecular weight is 387 g/mol. The van der Waals surface area contributed by atoms with Gasteiger partial charge in [-0.1, -0.05) is 48.8 Å². The molecule has 25 heavy (non-hydrogen) atoms. The molecule has 0 fully saturated rings. The first-order chi connectivity index (χ1) is 9.08. The quantitative estimate of drug-likeness (QED) is 0.597. The van der Waals surface area contributed by atoms with Gasteiger partial charge in [-0.25, -0.2) is 8.42 Å². The van der Waals surface area contributed by atoms with Gasteiger partial charge in [0.25, 0.3) is 0 Å². The van der Waals surface area contributed by atoms with Crippen molar-refractivity contribution in [2.24, 2.45) is 5.41 Å². The van der Waals surface area contributed by atoms with Gasteiger partial charge in [-0.15, -0.1) is 0 Å².